The minimum absolute atomic E-state index is 0.273. The molecule has 1 aliphatic rings. The molecule has 0 bridgehead atoms. The van der Waals surface area contributed by atoms with Crippen LogP contribution in [0.1, 0.15) is 40.7 Å². The quantitative estimate of drug-likeness (QED) is 0.735. The maximum Gasteiger partial charge on any atom is 0.176 e. The molecule has 82 valence electrons. The van der Waals surface area contributed by atoms with Crippen LogP contribution in [0.15, 0.2) is 10.5 Å². The van der Waals surface area contributed by atoms with Crippen LogP contribution in [0.25, 0.3) is 0 Å². The Bertz CT molecular complexity index is 363. The van der Waals surface area contributed by atoms with Crippen LogP contribution in [0.2, 0.25) is 0 Å². The molecule has 1 aliphatic carbocycles. The molecule has 1 fully saturated rings. The number of halogens is 1. The molecule has 1 heterocycles. The lowest BCUT2D eigenvalue weighted by Crippen LogP contribution is -2.15. The second-order valence-electron chi connectivity index (χ2n) is 4.39. The summed E-state index contributed by atoms with van der Waals surface area (Å²) in [6.07, 6.45) is 3.50. The van der Waals surface area contributed by atoms with Crippen molar-refractivity contribution in [1.29, 1.82) is 0 Å². The zero-order valence-corrected chi connectivity index (χ0v) is 11.5. The summed E-state index contributed by atoms with van der Waals surface area (Å²) in [5.74, 6) is 1.20. The van der Waals surface area contributed by atoms with Gasteiger partial charge in [0.2, 0.25) is 0 Å². The minimum atomic E-state index is 0.273. The lowest BCUT2D eigenvalue weighted by Gasteiger charge is -2.12. The van der Waals surface area contributed by atoms with Gasteiger partial charge in [0.05, 0.1) is 4.88 Å². The molecule has 2 atom stereocenters. The van der Waals surface area contributed by atoms with Gasteiger partial charge < -0.3 is 0 Å². The zero-order valence-electron chi connectivity index (χ0n) is 9.05. The van der Waals surface area contributed by atoms with Crippen molar-refractivity contribution in [1.82, 2.24) is 0 Å². The van der Waals surface area contributed by atoms with Gasteiger partial charge in [-0.15, -0.1) is 11.3 Å². The largest absolute Gasteiger partial charge is 0.293 e. The number of carbonyl (C=O) groups excluding carboxylic acids is 1. The van der Waals surface area contributed by atoms with Gasteiger partial charge in [-0.05, 0) is 47.7 Å². The lowest BCUT2D eigenvalue weighted by molar-refractivity contribution is 0.0901. The van der Waals surface area contributed by atoms with E-state index in [1.165, 1.54) is 17.7 Å². The summed E-state index contributed by atoms with van der Waals surface area (Å²) in [5.41, 5.74) is 0. The van der Waals surface area contributed by atoms with Crippen LogP contribution in [0.5, 0.6) is 0 Å². The topological polar surface area (TPSA) is 17.1 Å². The summed E-state index contributed by atoms with van der Waals surface area (Å²) in [7, 11) is 0. The van der Waals surface area contributed by atoms with E-state index in [1.807, 2.05) is 13.0 Å². The van der Waals surface area contributed by atoms with E-state index >= 15 is 0 Å². The predicted molar refractivity (Wildman–Crippen MR) is 67.6 cm³/mol. The first-order valence-electron chi connectivity index (χ1n) is 5.39. The van der Waals surface area contributed by atoms with Crippen molar-refractivity contribution in [3.05, 3.63) is 20.3 Å². The lowest BCUT2D eigenvalue weighted by atomic mass is 9.93. The zero-order chi connectivity index (χ0) is 11.0. The first-order valence-corrected chi connectivity index (χ1v) is 7.00. The highest BCUT2D eigenvalue weighted by molar-refractivity contribution is 9.10. The summed E-state index contributed by atoms with van der Waals surface area (Å²) < 4.78 is 1.07. The Morgan fingerprint density at radius 3 is 2.73 bits per heavy atom. The highest BCUT2D eigenvalue weighted by Gasteiger charge is 2.31. The first-order chi connectivity index (χ1) is 7.09. The molecule has 0 saturated heterocycles. The van der Waals surface area contributed by atoms with Gasteiger partial charge in [0.15, 0.2) is 5.78 Å². The highest BCUT2D eigenvalue weighted by atomic mass is 79.9. The fourth-order valence-electron chi connectivity index (χ4n) is 2.30. The van der Waals surface area contributed by atoms with Gasteiger partial charge in [-0.3, -0.25) is 4.79 Å². The molecule has 0 amide bonds. The van der Waals surface area contributed by atoms with Crippen LogP contribution >= 0.6 is 27.3 Å². The Morgan fingerprint density at radius 1 is 1.53 bits per heavy atom. The van der Waals surface area contributed by atoms with Crippen molar-refractivity contribution >= 4 is 33.0 Å². The smallest absolute Gasteiger partial charge is 0.176 e. The normalized spacial score (nSPS) is 25.8. The molecule has 1 nitrogen and oxygen atoms in total. The highest BCUT2D eigenvalue weighted by Crippen LogP contribution is 2.36. The molecule has 2 unspecified atom stereocenters. The molecule has 1 aromatic rings. The van der Waals surface area contributed by atoms with E-state index in [2.05, 4.69) is 22.9 Å². The van der Waals surface area contributed by atoms with Gasteiger partial charge in [-0.25, -0.2) is 0 Å². The number of thiophene rings is 1. The van der Waals surface area contributed by atoms with Gasteiger partial charge >= 0.3 is 0 Å². The van der Waals surface area contributed by atoms with E-state index in [0.717, 1.165) is 15.8 Å². The third-order valence-corrected chi connectivity index (χ3v) is 5.45. The molecular formula is C12H15BrOS. The molecule has 1 aromatic heterocycles. The molecule has 0 aromatic carbocycles. The van der Waals surface area contributed by atoms with Crippen LogP contribution in [0.3, 0.4) is 0 Å². The number of hydrogen-bond acceptors (Lipinski definition) is 2. The molecule has 3 heteroatoms. The van der Waals surface area contributed by atoms with Gasteiger partial charge in [-0.2, -0.15) is 0 Å². The van der Waals surface area contributed by atoms with Crippen molar-refractivity contribution in [2.75, 3.05) is 0 Å². The number of hydrogen-bond donors (Lipinski definition) is 0. The Kier molecular flexibility index (Phi) is 3.31. The molecule has 15 heavy (non-hydrogen) atoms. The minimum Gasteiger partial charge on any atom is -0.293 e. The molecule has 1 saturated carbocycles. The summed E-state index contributed by atoms with van der Waals surface area (Å²) >= 11 is 5.08. The molecule has 0 N–H and O–H groups in total. The van der Waals surface area contributed by atoms with Crippen molar-refractivity contribution in [2.24, 2.45) is 11.8 Å². The molecule has 2 rings (SSSR count). The molecule has 0 spiro atoms. The number of ketones is 1. The number of Topliss-reactive ketones (excluding diaryl/α,β-unsaturated/α-hetero) is 1. The summed E-state index contributed by atoms with van der Waals surface area (Å²) in [6.45, 7) is 4.24. The van der Waals surface area contributed by atoms with Crippen LogP contribution < -0.4 is 0 Å². The average molecular weight is 287 g/mol. The van der Waals surface area contributed by atoms with Crippen molar-refractivity contribution in [3.63, 3.8) is 0 Å². The van der Waals surface area contributed by atoms with Crippen molar-refractivity contribution < 1.29 is 4.79 Å². The monoisotopic (exact) mass is 286 g/mol. The standard InChI is InChI=1S/C12H15BrOS/c1-7-4-3-5-9(7)12(14)11-6-10(13)8(2)15-11/h6-7,9H,3-5H2,1-2H3. The second kappa shape index (κ2) is 4.38. The van der Waals surface area contributed by atoms with Crippen LogP contribution in [-0.2, 0) is 0 Å². The van der Waals surface area contributed by atoms with E-state index in [9.17, 15) is 4.79 Å². The SMILES string of the molecule is Cc1sc(C(=O)C2CCCC2C)cc1Br. The van der Waals surface area contributed by atoms with Gasteiger partial charge in [0, 0.05) is 15.3 Å². The fraction of sp³-hybridized carbons (Fsp3) is 0.583. The Hall–Kier alpha value is -0.150. The summed E-state index contributed by atoms with van der Waals surface area (Å²) in [6, 6.07) is 1.98. The predicted octanol–water partition coefficient (Wildman–Crippen LogP) is 4.44. The van der Waals surface area contributed by atoms with Crippen LogP contribution in [0.4, 0.5) is 0 Å². The molecule has 0 aliphatic heterocycles. The average Bonchev–Trinajstić information content (AvgIpc) is 2.74. The first kappa shape index (κ1) is 11.3. The van der Waals surface area contributed by atoms with Gasteiger partial charge in [0.1, 0.15) is 0 Å². The fourth-order valence-corrected chi connectivity index (χ4v) is 3.84. The molecular weight excluding hydrogens is 272 g/mol. The van der Waals surface area contributed by atoms with Crippen molar-refractivity contribution in [2.45, 2.75) is 33.1 Å². The van der Waals surface area contributed by atoms with Gasteiger partial charge in [-0.1, -0.05) is 13.3 Å². The van der Waals surface area contributed by atoms with E-state index in [4.69, 9.17) is 0 Å². The van der Waals surface area contributed by atoms with E-state index in [0.29, 0.717) is 11.7 Å². The van der Waals surface area contributed by atoms with Crippen molar-refractivity contribution in [3.8, 4) is 0 Å². The Balaban J connectivity index is 2.20. The second-order valence-corrected chi connectivity index (χ2v) is 6.50. The summed E-state index contributed by atoms with van der Waals surface area (Å²) in [4.78, 5) is 14.3. The van der Waals surface area contributed by atoms with E-state index in [-0.39, 0.29) is 5.92 Å². The van der Waals surface area contributed by atoms with Crippen LogP contribution in [0, 0.1) is 18.8 Å². The maximum absolute atomic E-state index is 12.2. The Morgan fingerprint density at radius 2 is 2.27 bits per heavy atom. The Labute approximate surface area is 103 Å². The van der Waals surface area contributed by atoms with Gasteiger partial charge in [0.25, 0.3) is 0 Å². The third kappa shape index (κ3) is 2.18. The number of rotatable bonds is 2. The van der Waals surface area contributed by atoms with E-state index in [1.54, 1.807) is 11.3 Å². The van der Waals surface area contributed by atoms with Crippen LogP contribution in [-0.4, -0.2) is 5.78 Å². The molecule has 0 radical (unpaired) electrons. The third-order valence-electron chi connectivity index (χ3n) is 3.30. The van der Waals surface area contributed by atoms with E-state index < -0.39 is 0 Å². The summed E-state index contributed by atoms with van der Waals surface area (Å²) in [5, 5.41) is 0. The number of carbonyl (C=O) groups is 1. The maximum atomic E-state index is 12.2. The number of aryl methyl sites for hydroxylation is 1.